The van der Waals surface area contributed by atoms with Gasteiger partial charge in [-0.05, 0) is 56.9 Å². The van der Waals surface area contributed by atoms with E-state index in [-0.39, 0.29) is 0 Å². The van der Waals surface area contributed by atoms with E-state index in [2.05, 4.69) is 29.7 Å². The third-order valence-corrected chi connectivity index (χ3v) is 3.60. The van der Waals surface area contributed by atoms with E-state index in [1.165, 1.54) is 18.4 Å². The number of para-hydroxylation sites is 1. The van der Waals surface area contributed by atoms with Crippen LogP contribution in [0.4, 0.5) is 5.69 Å². The Morgan fingerprint density at radius 3 is 2.81 bits per heavy atom. The van der Waals surface area contributed by atoms with Crippen LogP contribution in [0.25, 0.3) is 0 Å². The summed E-state index contributed by atoms with van der Waals surface area (Å²) >= 11 is 0. The van der Waals surface area contributed by atoms with E-state index in [4.69, 9.17) is 11.1 Å². The summed E-state index contributed by atoms with van der Waals surface area (Å²) in [5.41, 5.74) is 9.61. The van der Waals surface area contributed by atoms with Gasteiger partial charge in [0.25, 0.3) is 0 Å². The summed E-state index contributed by atoms with van der Waals surface area (Å²) in [4.78, 5) is 0. The van der Waals surface area contributed by atoms with E-state index >= 15 is 0 Å². The van der Waals surface area contributed by atoms with Gasteiger partial charge < -0.3 is 21.8 Å². The molecule has 2 rings (SSSR count). The van der Waals surface area contributed by atoms with Crippen molar-refractivity contribution in [3.63, 3.8) is 0 Å². The van der Waals surface area contributed by atoms with E-state index in [1.807, 2.05) is 18.2 Å². The zero-order valence-corrected chi connectivity index (χ0v) is 12.8. The predicted molar refractivity (Wildman–Crippen MR) is 89.9 cm³/mol. The number of benzene rings is 1. The van der Waals surface area contributed by atoms with Gasteiger partial charge in [-0.25, -0.2) is 0 Å². The SMILES string of the molecule is Cc1ccccc1N/C(=C\C(=N)CNC1CC1)CCCN. The number of allylic oxidation sites excluding steroid dienone is 1. The Kier molecular flexibility index (Phi) is 5.96. The molecular weight excluding hydrogens is 260 g/mol. The summed E-state index contributed by atoms with van der Waals surface area (Å²) < 4.78 is 0. The lowest BCUT2D eigenvalue weighted by Crippen LogP contribution is -2.23. The van der Waals surface area contributed by atoms with Crippen LogP contribution in [0, 0.1) is 12.3 Å². The first-order chi connectivity index (χ1) is 10.2. The van der Waals surface area contributed by atoms with Crippen LogP contribution in [0.15, 0.2) is 36.0 Å². The fourth-order valence-corrected chi connectivity index (χ4v) is 2.15. The quantitative estimate of drug-likeness (QED) is 0.527. The number of nitrogens with one attached hydrogen (secondary N) is 3. The molecule has 0 heterocycles. The molecule has 1 aromatic rings. The van der Waals surface area contributed by atoms with Crippen molar-refractivity contribution < 1.29 is 0 Å². The molecule has 1 fully saturated rings. The van der Waals surface area contributed by atoms with Crippen LogP contribution in [-0.4, -0.2) is 24.8 Å². The van der Waals surface area contributed by atoms with Gasteiger partial charge in [0.15, 0.2) is 0 Å². The topological polar surface area (TPSA) is 73.9 Å². The monoisotopic (exact) mass is 286 g/mol. The Balaban J connectivity index is 1.98. The second-order valence-electron chi connectivity index (χ2n) is 5.68. The van der Waals surface area contributed by atoms with Crippen LogP contribution in [0.3, 0.4) is 0 Å². The summed E-state index contributed by atoms with van der Waals surface area (Å²) in [5, 5.41) is 14.9. The van der Waals surface area contributed by atoms with Gasteiger partial charge in [-0.3, -0.25) is 0 Å². The maximum absolute atomic E-state index is 8.09. The van der Waals surface area contributed by atoms with Crippen LogP contribution in [0.1, 0.15) is 31.2 Å². The Morgan fingerprint density at radius 1 is 1.38 bits per heavy atom. The summed E-state index contributed by atoms with van der Waals surface area (Å²) in [6, 6.07) is 8.84. The van der Waals surface area contributed by atoms with Crippen molar-refractivity contribution in [3.8, 4) is 0 Å². The first-order valence-electron chi connectivity index (χ1n) is 7.73. The number of rotatable bonds is 9. The molecule has 4 heteroatoms. The molecule has 21 heavy (non-hydrogen) atoms. The molecule has 0 atom stereocenters. The highest BCUT2D eigenvalue weighted by Gasteiger charge is 2.20. The van der Waals surface area contributed by atoms with Gasteiger partial charge in [0.1, 0.15) is 0 Å². The van der Waals surface area contributed by atoms with E-state index in [9.17, 15) is 0 Å². The molecule has 0 amide bonds. The maximum atomic E-state index is 8.09. The van der Waals surface area contributed by atoms with Crippen LogP contribution < -0.4 is 16.4 Å². The van der Waals surface area contributed by atoms with Crippen LogP contribution in [0.2, 0.25) is 0 Å². The highest BCUT2D eigenvalue weighted by atomic mass is 15.0. The molecule has 5 N–H and O–H groups in total. The average molecular weight is 286 g/mol. The molecule has 0 aromatic heterocycles. The average Bonchev–Trinajstić information content (AvgIpc) is 3.29. The molecule has 0 saturated heterocycles. The molecule has 1 aliphatic rings. The third-order valence-electron chi connectivity index (χ3n) is 3.60. The number of hydrogen-bond acceptors (Lipinski definition) is 4. The summed E-state index contributed by atoms with van der Waals surface area (Å²) in [5.74, 6) is 0. The van der Waals surface area contributed by atoms with Gasteiger partial charge in [0, 0.05) is 29.7 Å². The Morgan fingerprint density at radius 2 is 2.14 bits per heavy atom. The van der Waals surface area contributed by atoms with Gasteiger partial charge in [0.2, 0.25) is 0 Å². The minimum Gasteiger partial charge on any atom is -0.359 e. The molecule has 1 saturated carbocycles. The van der Waals surface area contributed by atoms with Gasteiger partial charge in [0.05, 0.1) is 0 Å². The fourth-order valence-electron chi connectivity index (χ4n) is 2.15. The van der Waals surface area contributed by atoms with Crippen molar-refractivity contribution in [3.05, 3.63) is 41.6 Å². The minimum absolute atomic E-state index is 0.620. The lowest BCUT2D eigenvalue weighted by molar-refractivity contribution is 0.768. The number of aryl methyl sites for hydroxylation is 1. The molecule has 0 bridgehead atoms. The molecular formula is C17H26N4. The van der Waals surface area contributed by atoms with E-state index in [1.54, 1.807) is 0 Å². The highest BCUT2D eigenvalue weighted by Crippen LogP contribution is 2.19. The lowest BCUT2D eigenvalue weighted by atomic mass is 10.1. The molecule has 1 aromatic carbocycles. The first kappa shape index (κ1) is 15.7. The first-order valence-corrected chi connectivity index (χ1v) is 7.73. The third kappa shape index (κ3) is 5.69. The normalized spacial score (nSPS) is 15.0. The number of nitrogens with two attached hydrogens (primary N) is 1. The Bertz CT molecular complexity index is 503. The summed E-state index contributed by atoms with van der Waals surface area (Å²) in [6.07, 6.45) is 6.24. The Hall–Kier alpha value is -1.65. The smallest absolute Gasteiger partial charge is 0.0469 e. The van der Waals surface area contributed by atoms with Crippen LogP contribution in [-0.2, 0) is 0 Å². The second-order valence-corrected chi connectivity index (χ2v) is 5.68. The summed E-state index contributed by atoms with van der Waals surface area (Å²) in [7, 11) is 0. The molecule has 0 unspecified atom stereocenters. The fraction of sp³-hybridized carbons (Fsp3) is 0.471. The van der Waals surface area contributed by atoms with Gasteiger partial charge in [-0.1, -0.05) is 18.2 Å². The van der Waals surface area contributed by atoms with Crippen molar-refractivity contribution in [1.82, 2.24) is 5.32 Å². The molecule has 0 spiro atoms. The largest absolute Gasteiger partial charge is 0.359 e. The summed E-state index contributed by atoms with van der Waals surface area (Å²) in [6.45, 7) is 3.40. The molecule has 1 aliphatic carbocycles. The number of anilines is 1. The molecule has 0 aliphatic heterocycles. The highest BCUT2D eigenvalue weighted by molar-refractivity contribution is 5.95. The van der Waals surface area contributed by atoms with E-state index in [0.29, 0.717) is 24.8 Å². The second kappa shape index (κ2) is 7.96. The van der Waals surface area contributed by atoms with Crippen molar-refractivity contribution in [1.29, 1.82) is 5.41 Å². The number of hydrogen-bond donors (Lipinski definition) is 4. The maximum Gasteiger partial charge on any atom is 0.0469 e. The minimum atomic E-state index is 0.620. The standard InChI is InChI=1S/C17H26N4/c1-13-5-2-3-7-17(13)21-16(6-4-10-18)11-14(19)12-20-15-8-9-15/h2-3,5,7,11,15,19-21H,4,6,8-10,12,18H2,1H3/b16-11-,19-14?. The van der Waals surface area contributed by atoms with Crippen LogP contribution >= 0.6 is 0 Å². The van der Waals surface area contributed by atoms with E-state index < -0.39 is 0 Å². The lowest BCUT2D eigenvalue weighted by Gasteiger charge is -2.14. The molecule has 0 radical (unpaired) electrons. The van der Waals surface area contributed by atoms with Crippen molar-refractivity contribution in [2.45, 2.75) is 38.6 Å². The Labute approximate surface area is 127 Å². The van der Waals surface area contributed by atoms with Crippen LogP contribution in [0.5, 0.6) is 0 Å². The van der Waals surface area contributed by atoms with Gasteiger partial charge in [-0.15, -0.1) is 0 Å². The zero-order valence-electron chi connectivity index (χ0n) is 12.8. The predicted octanol–water partition coefficient (Wildman–Crippen LogP) is 2.80. The molecule has 114 valence electrons. The zero-order chi connectivity index (χ0) is 15.1. The van der Waals surface area contributed by atoms with E-state index in [0.717, 1.165) is 24.2 Å². The van der Waals surface area contributed by atoms with Gasteiger partial charge in [-0.2, -0.15) is 0 Å². The van der Waals surface area contributed by atoms with Crippen molar-refractivity contribution in [2.24, 2.45) is 5.73 Å². The van der Waals surface area contributed by atoms with Crippen molar-refractivity contribution in [2.75, 3.05) is 18.4 Å². The van der Waals surface area contributed by atoms with Gasteiger partial charge >= 0.3 is 0 Å². The molecule has 4 nitrogen and oxygen atoms in total. The van der Waals surface area contributed by atoms with Crippen molar-refractivity contribution >= 4 is 11.4 Å².